The molecule has 0 fully saturated rings. The number of nitrogens with one attached hydrogen (secondary N) is 4. The number of aliphatic carboxylic acids is 2. The van der Waals surface area contributed by atoms with Crippen LogP contribution < -0.4 is 27.0 Å². The van der Waals surface area contributed by atoms with E-state index in [1.165, 1.54) is 36.0 Å². The zero-order chi connectivity index (χ0) is 30.2. The Morgan fingerprint density at radius 3 is 2.08 bits per heavy atom. The number of carboxylic acid groups (broad SMARTS) is 2. The van der Waals surface area contributed by atoms with Crippen molar-refractivity contribution in [1.29, 1.82) is 0 Å². The Bertz CT molecular complexity index is 1040. The van der Waals surface area contributed by atoms with Crippen molar-refractivity contribution in [3.8, 4) is 5.75 Å². The third-order valence-electron chi connectivity index (χ3n) is 5.50. The maximum Gasteiger partial charge on any atom is 0.326 e. The molecule has 0 aliphatic carbocycles. The summed E-state index contributed by atoms with van der Waals surface area (Å²) in [6, 6.07) is 1.09. The van der Waals surface area contributed by atoms with E-state index in [1.54, 1.807) is 6.26 Å². The van der Waals surface area contributed by atoms with E-state index in [-0.39, 0.29) is 37.2 Å². The Balaban J connectivity index is 2.83. The van der Waals surface area contributed by atoms with E-state index in [2.05, 4.69) is 33.9 Å². The molecule has 40 heavy (non-hydrogen) atoms. The fourth-order valence-corrected chi connectivity index (χ4v) is 3.99. The average Bonchev–Trinajstić information content (AvgIpc) is 2.91. The number of benzene rings is 1. The lowest BCUT2D eigenvalue weighted by molar-refractivity contribution is -0.142. The molecule has 0 saturated carbocycles. The van der Waals surface area contributed by atoms with Gasteiger partial charge in [-0.25, -0.2) is 4.79 Å². The molecule has 16 heteroatoms. The smallest absolute Gasteiger partial charge is 0.326 e. The first-order valence-corrected chi connectivity index (χ1v) is 14.2. The van der Waals surface area contributed by atoms with Crippen LogP contribution in [-0.2, 0) is 35.2 Å². The zero-order valence-electron chi connectivity index (χ0n) is 21.8. The van der Waals surface area contributed by atoms with Crippen molar-refractivity contribution in [3.63, 3.8) is 0 Å². The number of nitrogens with two attached hydrogens (primary N) is 1. The summed E-state index contributed by atoms with van der Waals surface area (Å²) in [6.45, 7) is -0.585. The number of thioether (sulfide) groups is 1. The fourth-order valence-electron chi connectivity index (χ4n) is 3.26. The number of aromatic hydroxyl groups is 1. The van der Waals surface area contributed by atoms with E-state index < -0.39 is 66.3 Å². The topological polar surface area (TPSA) is 237 Å². The van der Waals surface area contributed by atoms with Crippen molar-refractivity contribution >= 4 is 60.0 Å². The lowest BCUT2D eigenvalue weighted by atomic mass is 10.0. The highest BCUT2D eigenvalue weighted by Crippen LogP contribution is 2.12. The van der Waals surface area contributed by atoms with Crippen molar-refractivity contribution < 1.29 is 44.1 Å². The van der Waals surface area contributed by atoms with Gasteiger partial charge in [-0.15, -0.1) is 0 Å². The monoisotopic (exact) mass is 601 g/mol. The summed E-state index contributed by atoms with van der Waals surface area (Å²) in [7, 11) is 0. The molecule has 4 atom stereocenters. The van der Waals surface area contributed by atoms with Crippen LogP contribution in [0.2, 0.25) is 0 Å². The van der Waals surface area contributed by atoms with Gasteiger partial charge in [0, 0.05) is 18.6 Å². The molecule has 0 saturated heterocycles. The van der Waals surface area contributed by atoms with E-state index in [0.29, 0.717) is 11.3 Å². The standard InChI is InChI=1S/C24H35N5O9S2/c1-40-9-8-16(24(37)38)28-23(36)18(12-39)27-19(31)11-26-22(35)17(10-13-2-4-14(30)5-3-13)29-21(34)15(25)6-7-20(32)33/h2-5,15-18,30,39H,6-12,25H2,1H3,(H,26,35)(H,27,31)(H,28,36)(H,29,34)(H,32,33)(H,37,38)/t15-,16-,17-,18-/m0/s1. The van der Waals surface area contributed by atoms with Crippen molar-refractivity contribution in [2.24, 2.45) is 5.73 Å². The molecule has 1 aromatic rings. The Morgan fingerprint density at radius 2 is 1.52 bits per heavy atom. The van der Waals surface area contributed by atoms with Crippen LogP contribution in [0.4, 0.5) is 0 Å². The number of phenolic OH excluding ortho intramolecular Hbond substituents is 1. The quantitative estimate of drug-likeness (QED) is 0.0875. The first-order chi connectivity index (χ1) is 18.9. The molecule has 4 amide bonds. The Morgan fingerprint density at radius 1 is 0.900 bits per heavy atom. The largest absolute Gasteiger partial charge is 0.508 e. The highest BCUT2D eigenvalue weighted by Gasteiger charge is 2.27. The van der Waals surface area contributed by atoms with Crippen molar-refractivity contribution in [1.82, 2.24) is 21.3 Å². The summed E-state index contributed by atoms with van der Waals surface area (Å²) in [4.78, 5) is 72.5. The molecule has 1 aromatic carbocycles. The van der Waals surface area contributed by atoms with Crippen LogP contribution in [-0.4, -0.2) is 99.4 Å². The molecule has 0 unspecified atom stereocenters. The van der Waals surface area contributed by atoms with Gasteiger partial charge in [0.2, 0.25) is 23.6 Å². The number of phenols is 1. The van der Waals surface area contributed by atoms with Gasteiger partial charge in [-0.2, -0.15) is 24.4 Å². The third kappa shape index (κ3) is 13.0. The molecule has 0 spiro atoms. The number of carbonyl (C=O) groups is 6. The Kier molecular flexibility index (Phi) is 15.5. The number of carboxylic acids is 2. The van der Waals surface area contributed by atoms with E-state index in [9.17, 15) is 39.0 Å². The predicted molar refractivity (Wildman–Crippen MR) is 150 cm³/mol. The molecular weight excluding hydrogens is 566 g/mol. The van der Waals surface area contributed by atoms with Gasteiger partial charge in [-0.1, -0.05) is 12.1 Å². The summed E-state index contributed by atoms with van der Waals surface area (Å²) in [5.74, 6) is -5.09. The molecular formula is C24H35N5O9S2. The highest BCUT2D eigenvalue weighted by molar-refractivity contribution is 7.98. The minimum atomic E-state index is -1.22. The second-order valence-corrected chi connectivity index (χ2v) is 10.0. The minimum Gasteiger partial charge on any atom is -0.508 e. The molecule has 0 aliphatic heterocycles. The molecule has 0 bridgehead atoms. The van der Waals surface area contributed by atoms with Crippen LogP contribution in [0, 0.1) is 0 Å². The molecule has 1 rings (SSSR count). The number of amides is 4. The van der Waals surface area contributed by atoms with Crippen LogP contribution in [0.15, 0.2) is 24.3 Å². The summed E-state index contributed by atoms with van der Waals surface area (Å²) in [5.41, 5.74) is 6.30. The normalized spacial score (nSPS) is 13.7. The number of hydrogen-bond donors (Lipinski definition) is 9. The molecule has 222 valence electrons. The van der Waals surface area contributed by atoms with Gasteiger partial charge >= 0.3 is 11.9 Å². The van der Waals surface area contributed by atoms with Crippen molar-refractivity contribution in [3.05, 3.63) is 29.8 Å². The number of carbonyl (C=O) groups excluding carboxylic acids is 4. The minimum absolute atomic E-state index is 0.0112. The maximum absolute atomic E-state index is 12.9. The first kappa shape index (κ1) is 34.5. The van der Waals surface area contributed by atoms with Crippen LogP contribution in [0.25, 0.3) is 0 Å². The summed E-state index contributed by atoms with van der Waals surface area (Å²) in [6.07, 6.45) is 1.41. The lowest BCUT2D eigenvalue weighted by Crippen LogP contribution is -2.56. The molecule has 14 nitrogen and oxygen atoms in total. The lowest BCUT2D eigenvalue weighted by Gasteiger charge is -2.22. The van der Waals surface area contributed by atoms with E-state index in [1.807, 2.05) is 0 Å². The Hall–Kier alpha value is -3.50. The number of hydrogen-bond acceptors (Lipinski definition) is 10. The van der Waals surface area contributed by atoms with Crippen molar-refractivity contribution in [2.75, 3.05) is 24.3 Å². The second kappa shape index (κ2) is 18.0. The van der Waals surface area contributed by atoms with Crippen LogP contribution in [0.1, 0.15) is 24.8 Å². The van der Waals surface area contributed by atoms with Crippen LogP contribution in [0.3, 0.4) is 0 Å². The van der Waals surface area contributed by atoms with Crippen molar-refractivity contribution in [2.45, 2.75) is 49.9 Å². The second-order valence-electron chi connectivity index (χ2n) is 8.67. The average molecular weight is 602 g/mol. The van der Waals surface area contributed by atoms with Gasteiger partial charge in [0.25, 0.3) is 0 Å². The summed E-state index contributed by atoms with van der Waals surface area (Å²) < 4.78 is 0. The molecule has 0 aromatic heterocycles. The summed E-state index contributed by atoms with van der Waals surface area (Å²) >= 11 is 5.45. The summed E-state index contributed by atoms with van der Waals surface area (Å²) in [5, 5.41) is 37.1. The SMILES string of the molecule is CSCC[C@H](NC(=O)[C@H](CS)NC(=O)CNC(=O)[C@H](Cc1ccc(O)cc1)NC(=O)[C@@H](N)CCC(=O)O)C(=O)O. The van der Waals surface area contributed by atoms with Gasteiger partial charge in [0.1, 0.15) is 23.9 Å². The van der Waals surface area contributed by atoms with Gasteiger partial charge in [-0.05, 0) is 42.5 Å². The van der Waals surface area contributed by atoms with Gasteiger partial charge < -0.3 is 42.3 Å². The number of rotatable bonds is 18. The molecule has 0 aliphatic rings. The van der Waals surface area contributed by atoms with Crippen LogP contribution >= 0.6 is 24.4 Å². The molecule has 0 heterocycles. The fraction of sp³-hybridized carbons (Fsp3) is 0.500. The van der Waals surface area contributed by atoms with Gasteiger partial charge in [-0.3, -0.25) is 24.0 Å². The molecule has 9 N–H and O–H groups in total. The van der Waals surface area contributed by atoms with Gasteiger partial charge in [0.15, 0.2) is 0 Å². The maximum atomic E-state index is 12.9. The first-order valence-electron chi connectivity index (χ1n) is 12.1. The third-order valence-corrected chi connectivity index (χ3v) is 6.51. The Labute approximate surface area is 240 Å². The van der Waals surface area contributed by atoms with Gasteiger partial charge in [0.05, 0.1) is 12.6 Å². The van der Waals surface area contributed by atoms with E-state index in [4.69, 9.17) is 10.8 Å². The highest BCUT2D eigenvalue weighted by atomic mass is 32.2. The molecule has 0 radical (unpaired) electrons. The van der Waals surface area contributed by atoms with E-state index in [0.717, 1.165) is 0 Å². The van der Waals surface area contributed by atoms with Crippen LogP contribution in [0.5, 0.6) is 5.75 Å². The number of thiol groups is 1. The predicted octanol–water partition coefficient (Wildman–Crippen LogP) is -1.54. The zero-order valence-corrected chi connectivity index (χ0v) is 23.5. The van der Waals surface area contributed by atoms with E-state index >= 15 is 0 Å².